The Morgan fingerprint density at radius 1 is 0.889 bits per heavy atom. The summed E-state index contributed by atoms with van der Waals surface area (Å²) in [5.74, 6) is -1.64. The van der Waals surface area contributed by atoms with Crippen molar-refractivity contribution < 1.29 is 18.8 Å². The van der Waals surface area contributed by atoms with Crippen molar-refractivity contribution >= 4 is 17.7 Å². The fraction of sp³-hybridized carbons (Fsp3) is 0.276. The molecule has 0 radical (unpaired) electrons. The molecule has 36 heavy (non-hydrogen) atoms. The van der Waals surface area contributed by atoms with E-state index in [1.54, 1.807) is 12.1 Å². The minimum Gasteiger partial charge on any atom is -0.368 e. The summed E-state index contributed by atoms with van der Waals surface area (Å²) in [6.45, 7) is 0.336. The largest absolute Gasteiger partial charge is 0.368 e. The molecule has 1 saturated carbocycles. The van der Waals surface area contributed by atoms with Gasteiger partial charge >= 0.3 is 0 Å². The first-order valence-corrected chi connectivity index (χ1v) is 12.2. The van der Waals surface area contributed by atoms with Crippen LogP contribution >= 0.6 is 0 Å². The van der Waals surface area contributed by atoms with E-state index in [-0.39, 0.29) is 29.5 Å². The molecular weight excluding hydrogens is 457 g/mol. The van der Waals surface area contributed by atoms with E-state index in [0.717, 1.165) is 36.8 Å². The van der Waals surface area contributed by atoms with Crippen LogP contribution in [-0.4, -0.2) is 17.7 Å². The zero-order valence-corrected chi connectivity index (χ0v) is 20.0. The highest BCUT2D eigenvalue weighted by atomic mass is 19.1. The average molecular weight is 488 g/mol. The van der Waals surface area contributed by atoms with Crippen LogP contribution in [0.5, 0.6) is 0 Å². The van der Waals surface area contributed by atoms with Crippen LogP contribution in [0.25, 0.3) is 0 Å². The van der Waals surface area contributed by atoms with Gasteiger partial charge in [0, 0.05) is 18.0 Å². The number of benzene rings is 3. The van der Waals surface area contributed by atoms with Gasteiger partial charge in [0.25, 0.3) is 5.91 Å². The first-order chi connectivity index (χ1) is 17.4. The van der Waals surface area contributed by atoms with Crippen LogP contribution in [0.1, 0.15) is 64.7 Å². The van der Waals surface area contributed by atoms with E-state index >= 15 is 0 Å². The number of amides is 3. The molecule has 186 valence electrons. The molecular formula is C29H30FN3O3. The first-order valence-electron chi connectivity index (χ1n) is 12.2. The maximum Gasteiger partial charge on any atom is 0.251 e. The van der Waals surface area contributed by atoms with E-state index < -0.39 is 11.9 Å². The molecule has 2 unspecified atom stereocenters. The Kier molecular flexibility index (Phi) is 8.10. The Morgan fingerprint density at radius 3 is 2.22 bits per heavy atom. The Hall–Kier alpha value is -4.00. The van der Waals surface area contributed by atoms with Crippen molar-refractivity contribution in [1.29, 1.82) is 0 Å². The van der Waals surface area contributed by atoms with Gasteiger partial charge in [0.1, 0.15) is 11.9 Å². The van der Waals surface area contributed by atoms with Crippen LogP contribution in [0, 0.1) is 11.7 Å². The van der Waals surface area contributed by atoms with Crippen molar-refractivity contribution in [2.45, 2.75) is 44.2 Å². The number of carbonyl (C=O) groups is 3. The van der Waals surface area contributed by atoms with Gasteiger partial charge in [-0.25, -0.2) is 4.39 Å². The summed E-state index contributed by atoms with van der Waals surface area (Å²) < 4.78 is 13.1. The molecule has 1 aliphatic carbocycles. The molecule has 0 aromatic heterocycles. The highest BCUT2D eigenvalue weighted by molar-refractivity contribution is 5.94. The van der Waals surface area contributed by atoms with Gasteiger partial charge in [-0.15, -0.1) is 0 Å². The zero-order valence-electron chi connectivity index (χ0n) is 20.0. The molecule has 0 saturated heterocycles. The summed E-state index contributed by atoms with van der Waals surface area (Å²) in [5.41, 5.74) is 8.64. The maximum absolute atomic E-state index is 13.3. The van der Waals surface area contributed by atoms with E-state index in [1.165, 1.54) is 24.3 Å². The van der Waals surface area contributed by atoms with Crippen molar-refractivity contribution in [3.8, 4) is 0 Å². The third kappa shape index (κ3) is 6.16. The zero-order chi connectivity index (χ0) is 25.5. The number of hydrogen-bond donors (Lipinski definition) is 3. The van der Waals surface area contributed by atoms with Crippen molar-refractivity contribution in [2.24, 2.45) is 11.7 Å². The molecule has 7 heteroatoms. The molecule has 0 spiro atoms. The van der Waals surface area contributed by atoms with Gasteiger partial charge in [-0.2, -0.15) is 0 Å². The second-order valence-electron chi connectivity index (χ2n) is 9.18. The summed E-state index contributed by atoms with van der Waals surface area (Å²) >= 11 is 0. The minimum absolute atomic E-state index is 0.0332. The summed E-state index contributed by atoms with van der Waals surface area (Å²) in [6, 6.07) is 21.4. The molecule has 4 N–H and O–H groups in total. The van der Waals surface area contributed by atoms with Crippen molar-refractivity contribution in [2.75, 3.05) is 0 Å². The molecule has 4 rings (SSSR count). The standard InChI is InChI=1S/C29H30FN3O3/c30-23-16-14-22(15-17-23)28(35)32-18-19-10-12-20(13-11-19)24-8-4-5-9-25(24)29(36)33-26(27(31)34)21-6-2-1-3-7-21/h1-3,6-7,10-17,24-26H,4-5,8-9,18H2,(H2,31,34)(H,32,35)(H,33,36)/t24?,25?,26-/m0/s1. The molecule has 3 aromatic carbocycles. The van der Waals surface area contributed by atoms with Crippen molar-refractivity contribution in [3.05, 3.63) is 107 Å². The number of hydrogen-bond acceptors (Lipinski definition) is 3. The topological polar surface area (TPSA) is 101 Å². The number of nitrogens with two attached hydrogens (primary N) is 1. The number of rotatable bonds is 8. The van der Waals surface area contributed by atoms with Gasteiger partial charge in [-0.1, -0.05) is 67.4 Å². The van der Waals surface area contributed by atoms with E-state index in [0.29, 0.717) is 17.7 Å². The third-order valence-electron chi connectivity index (χ3n) is 6.77. The average Bonchev–Trinajstić information content (AvgIpc) is 2.91. The SMILES string of the molecule is NC(=O)[C@@H](NC(=O)C1CCCCC1c1ccc(CNC(=O)c2ccc(F)cc2)cc1)c1ccccc1. The van der Waals surface area contributed by atoms with E-state index in [1.807, 2.05) is 42.5 Å². The molecule has 6 nitrogen and oxygen atoms in total. The normalized spacial score (nSPS) is 18.1. The van der Waals surface area contributed by atoms with Gasteiger partial charge in [-0.05, 0) is 59.7 Å². The highest BCUT2D eigenvalue weighted by Gasteiger charge is 2.34. The number of nitrogens with one attached hydrogen (secondary N) is 2. The quantitative estimate of drug-likeness (QED) is 0.440. The number of carbonyl (C=O) groups excluding carboxylic acids is 3. The lowest BCUT2D eigenvalue weighted by Gasteiger charge is -2.32. The molecule has 1 aliphatic rings. The highest BCUT2D eigenvalue weighted by Crippen LogP contribution is 2.38. The van der Waals surface area contributed by atoms with Crippen LogP contribution in [0.4, 0.5) is 4.39 Å². The fourth-order valence-electron chi connectivity index (χ4n) is 4.83. The van der Waals surface area contributed by atoms with Gasteiger partial charge in [0.15, 0.2) is 0 Å². The predicted octanol–water partition coefficient (Wildman–Crippen LogP) is 4.37. The Morgan fingerprint density at radius 2 is 1.56 bits per heavy atom. The molecule has 3 atom stereocenters. The van der Waals surface area contributed by atoms with E-state index in [9.17, 15) is 18.8 Å². The van der Waals surface area contributed by atoms with Crippen LogP contribution in [0.3, 0.4) is 0 Å². The predicted molar refractivity (Wildman–Crippen MR) is 135 cm³/mol. The third-order valence-corrected chi connectivity index (χ3v) is 6.77. The Bertz CT molecular complexity index is 1200. The van der Waals surface area contributed by atoms with E-state index in [4.69, 9.17) is 5.73 Å². The smallest absolute Gasteiger partial charge is 0.251 e. The monoisotopic (exact) mass is 487 g/mol. The van der Waals surface area contributed by atoms with Gasteiger partial charge in [0.2, 0.25) is 11.8 Å². The van der Waals surface area contributed by atoms with Crippen LogP contribution in [0.2, 0.25) is 0 Å². The van der Waals surface area contributed by atoms with Gasteiger partial charge in [-0.3, -0.25) is 14.4 Å². The Balaban J connectivity index is 1.41. The lowest BCUT2D eigenvalue weighted by Crippen LogP contribution is -2.42. The Labute approximate surface area is 210 Å². The number of primary amides is 1. The summed E-state index contributed by atoms with van der Waals surface area (Å²) in [6.07, 6.45) is 3.61. The van der Waals surface area contributed by atoms with Gasteiger partial charge < -0.3 is 16.4 Å². The summed E-state index contributed by atoms with van der Waals surface area (Å²) in [7, 11) is 0. The molecule has 1 fully saturated rings. The molecule has 3 aromatic rings. The second kappa shape index (κ2) is 11.6. The van der Waals surface area contributed by atoms with Crippen LogP contribution in [-0.2, 0) is 16.1 Å². The molecule has 0 heterocycles. The van der Waals surface area contributed by atoms with Gasteiger partial charge in [0.05, 0.1) is 0 Å². The summed E-state index contributed by atoms with van der Waals surface area (Å²) in [5, 5.41) is 5.72. The number of halogens is 1. The fourth-order valence-corrected chi connectivity index (χ4v) is 4.83. The lowest BCUT2D eigenvalue weighted by atomic mass is 9.74. The molecule has 3 amide bonds. The second-order valence-corrected chi connectivity index (χ2v) is 9.18. The molecule has 0 bridgehead atoms. The van der Waals surface area contributed by atoms with Crippen LogP contribution < -0.4 is 16.4 Å². The maximum atomic E-state index is 13.3. The van der Waals surface area contributed by atoms with Crippen molar-refractivity contribution in [3.63, 3.8) is 0 Å². The van der Waals surface area contributed by atoms with Crippen LogP contribution in [0.15, 0.2) is 78.9 Å². The molecule has 0 aliphatic heterocycles. The summed E-state index contributed by atoms with van der Waals surface area (Å²) in [4.78, 5) is 37.7. The lowest BCUT2D eigenvalue weighted by molar-refractivity contribution is -0.131. The minimum atomic E-state index is -0.867. The first kappa shape index (κ1) is 25.1. The van der Waals surface area contributed by atoms with Crippen molar-refractivity contribution in [1.82, 2.24) is 10.6 Å². The van der Waals surface area contributed by atoms with E-state index in [2.05, 4.69) is 10.6 Å².